The molecule has 0 fully saturated rings. The standard InChI is InChI=1S/C20H24O2/c1-20(2,3)17-10-8-16(9-11-17)19(21)14-7-15-5-12-18(22-4)13-6-15/h5-14,19,21H,1-4H3/b14-7+. The normalized spacial score (nSPS) is 13.3. The van der Waals surface area contributed by atoms with E-state index in [9.17, 15) is 5.11 Å². The van der Waals surface area contributed by atoms with E-state index < -0.39 is 6.10 Å². The van der Waals surface area contributed by atoms with E-state index in [1.165, 1.54) is 5.56 Å². The second-order valence-electron chi connectivity index (χ2n) is 6.45. The van der Waals surface area contributed by atoms with Gasteiger partial charge in [-0.05, 0) is 34.2 Å². The monoisotopic (exact) mass is 296 g/mol. The molecule has 2 aromatic rings. The average Bonchev–Trinajstić information content (AvgIpc) is 2.52. The summed E-state index contributed by atoms with van der Waals surface area (Å²) < 4.78 is 5.13. The number of benzene rings is 2. The molecule has 0 heterocycles. The van der Waals surface area contributed by atoms with Crippen molar-refractivity contribution in [3.63, 3.8) is 0 Å². The summed E-state index contributed by atoms with van der Waals surface area (Å²) >= 11 is 0. The zero-order valence-corrected chi connectivity index (χ0v) is 13.7. The summed E-state index contributed by atoms with van der Waals surface area (Å²) in [7, 11) is 1.65. The minimum atomic E-state index is -0.601. The Morgan fingerprint density at radius 1 is 0.955 bits per heavy atom. The summed E-state index contributed by atoms with van der Waals surface area (Å²) in [6.45, 7) is 6.55. The van der Waals surface area contributed by atoms with Crippen molar-refractivity contribution in [2.24, 2.45) is 0 Å². The van der Waals surface area contributed by atoms with Crippen LogP contribution in [0.5, 0.6) is 5.75 Å². The number of hydrogen-bond acceptors (Lipinski definition) is 2. The zero-order chi connectivity index (χ0) is 16.2. The highest BCUT2D eigenvalue weighted by Gasteiger charge is 2.13. The summed E-state index contributed by atoms with van der Waals surface area (Å²) in [4.78, 5) is 0. The van der Waals surface area contributed by atoms with Gasteiger partial charge in [-0.15, -0.1) is 0 Å². The predicted octanol–water partition coefficient (Wildman–Crippen LogP) is 4.74. The Morgan fingerprint density at radius 3 is 2.05 bits per heavy atom. The smallest absolute Gasteiger partial charge is 0.118 e. The van der Waals surface area contributed by atoms with Crippen molar-refractivity contribution in [2.45, 2.75) is 32.3 Å². The highest BCUT2D eigenvalue weighted by Crippen LogP contribution is 2.24. The molecule has 2 rings (SSSR count). The number of hydrogen-bond donors (Lipinski definition) is 1. The average molecular weight is 296 g/mol. The van der Waals surface area contributed by atoms with Crippen molar-refractivity contribution in [1.29, 1.82) is 0 Å². The fourth-order valence-electron chi connectivity index (χ4n) is 2.21. The van der Waals surface area contributed by atoms with Gasteiger partial charge in [-0.3, -0.25) is 0 Å². The van der Waals surface area contributed by atoms with Gasteiger partial charge in [0.15, 0.2) is 0 Å². The van der Waals surface area contributed by atoms with Gasteiger partial charge in [0.1, 0.15) is 5.75 Å². The van der Waals surface area contributed by atoms with Crippen molar-refractivity contribution < 1.29 is 9.84 Å². The maximum atomic E-state index is 10.3. The highest BCUT2D eigenvalue weighted by molar-refractivity contribution is 5.51. The van der Waals surface area contributed by atoms with Crippen LogP contribution in [0.2, 0.25) is 0 Å². The van der Waals surface area contributed by atoms with Gasteiger partial charge < -0.3 is 9.84 Å². The first kappa shape index (κ1) is 16.3. The van der Waals surface area contributed by atoms with Gasteiger partial charge in [0.25, 0.3) is 0 Å². The van der Waals surface area contributed by atoms with Crippen LogP contribution in [0, 0.1) is 0 Å². The molecule has 2 nitrogen and oxygen atoms in total. The summed E-state index contributed by atoms with van der Waals surface area (Å²) in [5, 5.41) is 10.3. The van der Waals surface area contributed by atoms with Crippen molar-refractivity contribution >= 4 is 6.08 Å². The Kier molecular flexibility index (Phi) is 5.04. The molecule has 1 N–H and O–H groups in total. The Morgan fingerprint density at radius 2 is 1.55 bits per heavy atom. The molecule has 0 bridgehead atoms. The third-order valence-corrected chi connectivity index (χ3v) is 3.70. The van der Waals surface area contributed by atoms with Gasteiger partial charge in [0.05, 0.1) is 13.2 Å². The Labute approximate surface area is 133 Å². The third kappa shape index (κ3) is 4.22. The second-order valence-corrected chi connectivity index (χ2v) is 6.45. The number of rotatable bonds is 4. The lowest BCUT2D eigenvalue weighted by Crippen LogP contribution is -2.10. The maximum Gasteiger partial charge on any atom is 0.118 e. The predicted molar refractivity (Wildman–Crippen MR) is 92.1 cm³/mol. The molecule has 0 aliphatic heterocycles. The molecule has 1 atom stereocenters. The van der Waals surface area contributed by atoms with Crippen LogP contribution in [0.15, 0.2) is 54.6 Å². The van der Waals surface area contributed by atoms with Crippen LogP contribution >= 0.6 is 0 Å². The van der Waals surface area contributed by atoms with E-state index in [-0.39, 0.29) is 5.41 Å². The molecule has 116 valence electrons. The molecule has 0 spiro atoms. The van der Waals surface area contributed by atoms with Crippen LogP contribution in [0.25, 0.3) is 6.08 Å². The molecule has 1 unspecified atom stereocenters. The van der Waals surface area contributed by atoms with Crippen LogP contribution in [0.1, 0.15) is 43.6 Å². The fraction of sp³-hybridized carbons (Fsp3) is 0.300. The first-order chi connectivity index (χ1) is 10.4. The lowest BCUT2D eigenvalue weighted by atomic mass is 9.86. The molecule has 0 saturated carbocycles. The van der Waals surface area contributed by atoms with E-state index >= 15 is 0 Å². The van der Waals surface area contributed by atoms with Gasteiger partial charge >= 0.3 is 0 Å². The molecule has 0 saturated heterocycles. The number of ether oxygens (including phenoxy) is 1. The third-order valence-electron chi connectivity index (χ3n) is 3.70. The Balaban J connectivity index is 2.07. The highest BCUT2D eigenvalue weighted by atomic mass is 16.5. The van der Waals surface area contributed by atoms with Crippen LogP contribution < -0.4 is 4.74 Å². The van der Waals surface area contributed by atoms with Gasteiger partial charge in [-0.2, -0.15) is 0 Å². The molecule has 0 aliphatic carbocycles. The number of methoxy groups -OCH3 is 1. The summed E-state index contributed by atoms with van der Waals surface area (Å²) in [5.74, 6) is 0.829. The van der Waals surface area contributed by atoms with Crippen molar-refractivity contribution in [2.75, 3.05) is 7.11 Å². The van der Waals surface area contributed by atoms with E-state index in [1.54, 1.807) is 13.2 Å². The number of aliphatic hydroxyl groups is 1. The van der Waals surface area contributed by atoms with E-state index in [4.69, 9.17) is 4.74 Å². The Bertz CT molecular complexity index is 616. The zero-order valence-electron chi connectivity index (χ0n) is 13.7. The van der Waals surface area contributed by atoms with Crippen molar-refractivity contribution in [3.8, 4) is 5.75 Å². The fourth-order valence-corrected chi connectivity index (χ4v) is 2.21. The van der Waals surface area contributed by atoms with E-state index in [0.29, 0.717) is 0 Å². The van der Waals surface area contributed by atoms with E-state index in [1.807, 2.05) is 42.5 Å². The lowest BCUT2D eigenvalue weighted by molar-refractivity contribution is 0.229. The van der Waals surface area contributed by atoms with Gasteiger partial charge in [-0.1, -0.05) is 69.3 Å². The molecule has 2 aromatic carbocycles. The first-order valence-corrected chi connectivity index (χ1v) is 7.51. The number of aliphatic hydroxyl groups excluding tert-OH is 1. The van der Waals surface area contributed by atoms with Gasteiger partial charge in [-0.25, -0.2) is 0 Å². The van der Waals surface area contributed by atoms with E-state index in [2.05, 4.69) is 32.9 Å². The van der Waals surface area contributed by atoms with Crippen LogP contribution in [0.4, 0.5) is 0 Å². The van der Waals surface area contributed by atoms with Crippen molar-refractivity contribution in [3.05, 3.63) is 71.3 Å². The Hall–Kier alpha value is -2.06. The quantitative estimate of drug-likeness (QED) is 0.883. The summed E-state index contributed by atoms with van der Waals surface area (Å²) in [6, 6.07) is 15.9. The molecule has 0 radical (unpaired) electrons. The molecule has 0 amide bonds. The lowest BCUT2D eigenvalue weighted by Gasteiger charge is -2.19. The molecule has 2 heteroatoms. The first-order valence-electron chi connectivity index (χ1n) is 7.51. The molecule has 0 aliphatic rings. The van der Waals surface area contributed by atoms with Gasteiger partial charge in [0, 0.05) is 0 Å². The summed E-state index contributed by atoms with van der Waals surface area (Å²) in [5.41, 5.74) is 3.33. The SMILES string of the molecule is COc1ccc(/C=C/C(O)c2ccc(C(C)(C)C)cc2)cc1. The van der Waals surface area contributed by atoms with Crippen LogP contribution in [-0.2, 0) is 5.41 Å². The molecule has 0 aromatic heterocycles. The maximum absolute atomic E-state index is 10.3. The topological polar surface area (TPSA) is 29.5 Å². The largest absolute Gasteiger partial charge is 0.497 e. The molecule has 22 heavy (non-hydrogen) atoms. The van der Waals surface area contributed by atoms with Gasteiger partial charge in [0.2, 0.25) is 0 Å². The van der Waals surface area contributed by atoms with E-state index in [0.717, 1.165) is 16.9 Å². The molecular weight excluding hydrogens is 272 g/mol. The van der Waals surface area contributed by atoms with Crippen molar-refractivity contribution in [1.82, 2.24) is 0 Å². The minimum Gasteiger partial charge on any atom is -0.497 e. The molecular formula is C20H24O2. The minimum absolute atomic E-state index is 0.127. The van der Waals surface area contributed by atoms with Crippen LogP contribution in [-0.4, -0.2) is 12.2 Å². The van der Waals surface area contributed by atoms with Crippen LogP contribution in [0.3, 0.4) is 0 Å². The summed E-state index contributed by atoms with van der Waals surface area (Å²) in [6.07, 6.45) is 3.12. The second kappa shape index (κ2) is 6.80.